The molecule has 0 aliphatic heterocycles. The monoisotopic (exact) mass is 303 g/mol. The summed E-state index contributed by atoms with van der Waals surface area (Å²) >= 11 is 4.89. The summed E-state index contributed by atoms with van der Waals surface area (Å²) in [5.74, 6) is 0. The smallest absolute Gasteiger partial charge is 0.331 e. The van der Waals surface area contributed by atoms with E-state index in [2.05, 4.69) is 0 Å². The van der Waals surface area contributed by atoms with Crippen molar-refractivity contribution in [1.29, 1.82) is 0 Å². The van der Waals surface area contributed by atoms with Crippen LogP contribution in [0.15, 0.2) is 46.1 Å². The normalized spacial score (nSPS) is 10.5. The Labute approximate surface area is 127 Å². The predicted octanol–water partition coefficient (Wildman–Crippen LogP) is 1.10. The molecule has 0 unspecified atom stereocenters. The van der Waals surface area contributed by atoms with Crippen molar-refractivity contribution in [3.05, 3.63) is 68.5 Å². The molecule has 2 rings (SSSR count). The standard InChI is InChI=1S/C15H17N3O2S/c1-2-8-17-9-7-13(19)18(15(17)20)10-11-3-5-12(6-4-11)14(16)21/h3-7,9H,2,8,10H2,1H3,(H2,16,21). The number of nitrogens with zero attached hydrogens (tertiary/aromatic N) is 2. The summed E-state index contributed by atoms with van der Waals surface area (Å²) < 4.78 is 2.77. The van der Waals surface area contributed by atoms with Gasteiger partial charge in [-0.1, -0.05) is 43.4 Å². The van der Waals surface area contributed by atoms with Crippen molar-refractivity contribution in [3.63, 3.8) is 0 Å². The van der Waals surface area contributed by atoms with E-state index in [0.29, 0.717) is 11.5 Å². The van der Waals surface area contributed by atoms with E-state index < -0.39 is 0 Å². The second kappa shape index (κ2) is 6.49. The highest BCUT2D eigenvalue weighted by molar-refractivity contribution is 7.80. The summed E-state index contributed by atoms with van der Waals surface area (Å²) in [6.07, 6.45) is 2.38. The Kier molecular flexibility index (Phi) is 4.70. The van der Waals surface area contributed by atoms with Gasteiger partial charge in [-0.15, -0.1) is 0 Å². The summed E-state index contributed by atoms with van der Waals surface area (Å²) in [6.45, 7) is 2.82. The molecule has 0 radical (unpaired) electrons. The SMILES string of the molecule is CCCn1ccc(=O)n(Cc2ccc(C(N)=S)cc2)c1=O. The van der Waals surface area contributed by atoms with Gasteiger partial charge in [0.1, 0.15) is 4.99 Å². The molecule has 2 N–H and O–H groups in total. The van der Waals surface area contributed by atoms with Crippen molar-refractivity contribution < 1.29 is 0 Å². The number of aromatic nitrogens is 2. The lowest BCUT2D eigenvalue weighted by Crippen LogP contribution is -2.39. The van der Waals surface area contributed by atoms with Crippen molar-refractivity contribution in [3.8, 4) is 0 Å². The van der Waals surface area contributed by atoms with Gasteiger partial charge in [0.2, 0.25) is 0 Å². The summed E-state index contributed by atoms with van der Waals surface area (Å²) in [6, 6.07) is 8.63. The second-order valence-electron chi connectivity index (χ2n) is 4.78. The zero-order valence-corrected chi connectivity index (χ0v) is 12.6. The molecule has 21 heavy (non-hydrogen) atoms. The maximum absolute atomic E-state index is 12.2. The van der Waals surface area contributed by atoms with Crippen molar-refractivity contribution >= 4 is 17.2 Å². The maximum Gasteiger partial charge on any atom is 0.331 e. The minimum Gasteiger partial charge on any atom is -0.389 e. The van der Waals surface area contributed by atoms with Gasteiger partial charge >= 0.3 is 5.69 Å². The Morgan fingerprint density at radius 2 is 1.86 bits per heavy atom. The summed E-state index contributed by atoms with van der Waals surface area (Å²) in [5, 5.41) is 0. The molecule has 0 saturated heterocycles. The third kappa shape index (κ3) is 3.46. The fourth-order valence-electron chi connectivity index (χ4n) is 2.07. The summed E-state index contributed by atoms with van der Waals surface area (Å²) in [4.78, 5) is 24.5. The van der Waals surface area contributed by atoms with Crippen molar-refractivity contribution in [2.75, 3.05) is 0 Å². The first-order valence-electron chi connectivity index (χ1n) is 6.72. The molecule has 2 aromatic rings. The van der Waals surface area contributed by atoms with E-state index in [4.69, 9.17) is 18.0 Å². The number of rotatable bonds is 5. The highest BCUT2D eigenvalue weighted by Crippen LogP contribution is 2.05. The van der Waals surface area contributed by atoms with E-state index in [9.17, 15) is 9.59 Å². The maximum atomic E-state index is 12.2. The number of benzene rings is 1. The minimum absolute atomic E-state index is 0.236. The van der Waals surface area contributed by atoms with Crippen LogP contribution in [0.5, 0.6) is 0 Å². The number of hydrogen-bond donors (Lipinski definition) is 1. The van der Waals surface area contributed by atoms with Gasteiger partial charge in [-0.3, -0.25) is 9.36 Å². The average Bonchev–Trinajstić information content (AvgIpc) is 2.47. The molecule has 1 aromatic heterocycles. The molecule has 1 aromatic carbocycles. The van der Waals surface area contributed by atoms with Crippen molar-refractivity contribution in [1.82, 2.24) is 9.13 Å². The van der Waals surface area contributed by atoms with Crippen molar-refractivity contribution in [2.45, 2.75) is 26.4 Å². The molecule has 0 spiro atoms. The molecule has 5 nitrogen and oxygen atoms in total. The Hall–Kier alpha value is -2.21. The van der Waals surface area contributed by atoms with E-state index in [1.54, 1.807) is 22.9 Å². The predicted molar refractivity (Wildman–Crippen MR) is 86.7 cm³/mol. The van der Waals surface area contributed by atoms with Crippen molar-refractivity contribution in [2.24, 2.45) is 5.73 Å². The van der Waals surface area contributed by atoms with E-state index in [-0.39, 0.29) is 17.8 Å². The van der Waals surface area contributed by atoms with Crippen LogP contribution in [0, 0.1) is 0 Å². The Morgan fingerprint density at radius 1 is 1.19 bits per heavy atom. The third-order valence-corrected chi connectivity index (χ3v) is 3.42. The van der Waals surface area contributed by atoms with Crippen LogP contribution >= 0.6 is 12.2 Å². The topological polar surface area (TPSA) is 70.0 Å². The molecule has 0 fully saturated rings. The van der Waals surface area contributed by atoms with Gasteiger partial charge in [0.05, 0.1) is 6.54 Å². The lowest BCUT2D eigenvalue weighted by molar-refractivity contribution is 0.571. The first-order chi connectivity index (χ1) is 10.0. The fourth-order valence-corrected chi connectivity index (χ4v) is 2.21. The molecule has 0 bridgehead atoms. The van der Waals surface area contributed by atoms with Gasteiger partial charge in [-0.2, -0.15) is 0 Å². The minimum atomic E-state index is -0.300. The van der Waals surface area contributed by atoms with E-state index in [1.165, 1.54) is 10.6 Å². The number of aryl methyl sites for hydroxylation is 1. The van der Waals surface area contributed by atoms with E-state index in [0.717, 1.165) is 17.5 Å². The lowest BCUT2D eigenvalue weighted by atomic mass is 10.1. The fraction of sp³-hybridized carbons (Fsp3) is 0.267. The van der Waals surface area contributed by atoms with E-state index >= 15 is 0 Å². The summed E-state index contributed by atoms with van der Waals surface area (Å²) in [7, 11) is 0. The van der Waals surface area contributed by atoms with Crippen LogP contribution in [0.4, 0.5) is 0 Å². The molecule has 0 saturated carbocycles. The second-order valence-corrected chi connectivity index (χ2v) is 5.22. The van der Waals surface area contributed by atoms with E-state index in [1.807, 2.05) is 19.1 Å². The highest BCUT2D eigenvalue weighted by atomic mass is 32.1. The van der Waals surface area contributed by atoms with Gasteiger partial charge < -0.3 is 10.3 Å². The molecule has 0 atom stereocenters. The largest absolute Gasteiger partial charge is 0.389 e. The van der Waals surface area contributed by atoms with Crippen LogP contribution in [0.3, 0.4) is 0 Å². The first kappa shape index (κ1) is 15.2. The van der Waals surface area contributed by atoms with Crippen LogP contribution in [0.2, 0.25) is 0 Å². The van der Waals surface area contributed by atoms with Crippen LogP contribution in [0.25, 0.3) is 0 Å². The van der Waals surface area contributed by atoms with Gasteiger partial charge in [0.15, 0.2) is 0 Å². The summed E-state index contributed by atoms with van der Waals surface area (Å²) in [5.41, 5.74) is 6.56. The highest BCUT2D eigenvalue weighted by Gasteiger charge is 2.06. The number of nitrogens with two attached hydrogens (primary N) is 1. The lowest BCUT2D eigenvalue weighted by Gasteiger charge is -2.09. The average molecular weight is 303 g/mol. The third-order valence-electron chi connectivity index (χ3n) is 3.18. The molecule has 0 aliphatic rings. The number of hydrogen-bond acceptors (Lipinski definition) is 3. The van der Waals surface area contributed by atoms with Crippen LogP contribution in [-0.4, -0.2) is 14.1 Å². The quantitative estimate of drug-likeness (QED) is 0.840. The van der Waals surface area contributed by atoms with Gasteiger partial charge in [0.25, 0.3) is 5.56 Å². The Bertz CT molecular complexity index is 760. The van der Waals surface area contributed by atoms with Gasteiger partial charge in [-0.25, -0.2) is 4.79 Å². The zero-order valence-electron chi connectivity index (χ0n) is 11.8. The van der Waals surface area contributed by atoms with Gasteiger partial charge in [0, 0.05) is 24.4 Å². The van der Waals surface area contributed by atoms with Crippen LogP contribution in [-0.2, 0) is 13.1 Å². The Balaban J connectivity index is 2.35. The molecule has 0 aliphatic carbocycles. The zero-order chi connectivity index (χ0) is 15.4. The molecular weight excluding hydrogens is 286 g/mol. The molecule has 110 valence electrons. The molecule has 0 amide bonds. The first-order valence-corrected chi connectivity index (χ1v) is 7.12. The molecule has 1 heterocycles. The molecule has 6 heteroatoms. The van der Waals surface area contributed by atoms with Crippen LogP contribution in [0.1, 0.15) is 24.5 Å². The number of thiocarbonyl (C=S) groups is 1. The van der Waals surface area contributed by atoms with Gasteiger partial charge in [-0.05, 0) is 12.0 Å². The molecular formula is C15H17N3O2S. The van der Waals surface area contributed by atoms with Crippen LogP contribution < -0.4 is 17.0 Å². The Morgan fingerprint density at radius 3 is 2.43 bits per heavy atom.